The van der Waals surface area contributed by atoms with Crippen LogP contribution in [-0.4, -0.2) is 34.5 Å². The molecule has 0 radical (unpaired) electrons. The fraction of sp³-hybridized carbons (Fsp3) is 0.778. The molecule has 0 spiro atoms. The van der Waals surface area contributed by atoms with Crippen LogP contribution in [0.2, 0.25) is 0 Å². The molecular formula is C9H13NO3. The molecule has 4 nitrogen and oxygen atoms in total. The number of Topliss-reactive ketones (excluding diaryl/α,β-unsaturated/α-hetero) is 1. The van der Waals surface area contributed by atoms with Gasteiger partial charge < -0.3 is 5.11 Å². The number of rotatable bonds is 0. The molecule has 0 aromatic carbocycles. The van der Waals surface area contributed by atoms with Crippen molar-refractivity contribution in [2.45, 2.75) is 31.7 Å². The van der Waals surface area contributed by atoms with Crippen LogP contribution >= 0.6 is 0 Å². The van der Waals surface area contributed by atoms with Crippen LogP contribution in [0.5, 0.6) is 0 Å². The zero-order valence-corrected chi connectivity index (χ0v) is 7.40. The highest BCUT2D eigenvalue weighted by atomic mass is 16.4. The van der Waals surface area contributed by atoms with Crippen molar-refractivity contribution in [2.75, 3.05) is 6.54 Å². The van der Waals surface area contributed by atoms with Crippen LogP contribution in [0.25, 0.3) is 0 Å². The molecule has 1 aliphatic heterocycles. The van der Waals surface area contributed by atoms with Gasteiger partial charge in [0.1, 0.15) is 0 Å². The average Bonchev–Trinajstić information content (AvgIpc) is 2.49. The smallest absolute Gasteiger partial charge is 0.407 e. The fourth-order valence-electron chi connectivity index (χ4n) is 2.50. The third-order valence-corrected chi connectivity index (χ3v) is 3.10. The molecule has 2 atom stereocenters. The van der Waals surface area contributed by atoms with E-state index in [-0.39, 0.29) is 11.8 Å². The summed E-state index contributed by atoms with van der Waals surface area (Å²) in [5, 5.41) is 8.84. The maximum atomic E-state index is 11.5. The summed E-state index contributed by atoms with van der Waals surface area (Å²) < 4.78 is 0. The third-order valence-electron chi connectivity index (χ3n) is 3.10. The Bertz CT molecular complexity index is 251. The molecule has 0 aromatic heterocycles. The van der Waals surface area contributed by atoms with E-state index in [1.54, 1.807) is 0 Å². The van der Waals surface area contributed by atoms with Gasteiger partial charge in [0.15, 0.2) is 5.78 Å². The van der Waals surface area contributed by atoms with Crippen LogP contribution in [0.15, 0.2) is 0 Å². The lowest BCUT2D eigenvalue weighted by Crippen LogP contribution is -2.44. The molecule has 13 heavy (non-hydrogen) atoms. The number of amides is 1. The molecule has 2 aliphatic rings. The van der Waals surface area contributed by atoms with Crippen molar-refractivity contribution >= 4 is 11.9 Å². The van der Waals surface area contributed by atoms with Gasteiger partial charge in [-0.3, -0.25) is 9.69 Å². The number of nitrogens with zero attached hydrogens (tertiary/aromatic N) is 1. The minimum atomic E-state index is -0.942. The van der Waals surface area contributed by atoms with E-state index in [9.17, 15) is 9.59 Å². The van der Waals surface area contributed by atoms with Gasteiger partial charge >= 0.3 is 6.09 Å². The van der Waals surface area contributed by atoms with Gasteiger partial charge in [-0.2, -0.15) is 0 Å². The van der Waals surface area contributed by atoms with Crippen LogP contribution in [0, 0.1) is 5.92 Å². The molecule has 2 fully saturated rings. The van der Waals surface area contributed by atoms with Gasteiger partial charge in [-0.05, 0) is 25.2 Å². The lowest BCUT2D eigenvalue weighted by Gasteiger charge is -2.28. The number of carbonyl (C=O) groups excluding carboxylic acids is 1. The third kappa shape index (κ3) is 1.30. The second-order valence-electron chi connectivity index (χ2n) is 3.83. The molecule has 0 aromatic rings. The Morgan fingerprint density at radius 3 is 2.92 bits per heavy atom. The van der Waals surface area contributed by atoms with E-state index in [1.807, 2.05) is 0 Å². The van der Waals surface area contributed by atoms with E-state index >= 15 is 0 Å². The molecule has 0 bridgehead atoms. The lowest BCUT2D eigenvalue weighted by atomic mass is 9.84. The van der Waals surface area contributed by atoms with Crippen molar-refractivity contribution < 1.29 is 14.7 Å². The van der Waals surface area contributed by atoms with Crippen LogP contribution < -0.4 is 0 Å². The first-order valence-electron chi connectivity index (χ1n) is 4.72. The van der Waals surface area contributed by atoms with Crippen molar-refractivity contribution in [1.82, 2.24) is 4.90 Å². The number of hydrogen-bond donors (Lipinski definition) is 1. The Balaban J connectivity index is 2.18. The first-order chi connectivity index (χ1) is 6.20. The summed E-state index contributed by atoms with van der Waals surface area (Å²) >= 11 is 0. The van der Waals surface area contributed by atoms with Crippen LogP contribution in [0.3, 0.4) is 0 Å². The Kier molecular flexibility index (Phi) is 1.98. The number of carboxylic acid groups (broad SMARTS) is 1. The van der Waals surface area contributed by atoms with Crippen LogP contribution in [0.4, 0.5) is 4.79 Å². The van der Waals surface area contributed by atoms with Gasteiger partial charge in [0.25, 0.3) is 0 Å². The molecule has 1 saturated carbocycles. The summed E-state index contributed by atoms with van der Waals surface area (Å²) in [6.45, 7) is 0.538. The number of carbonyl (C=O) groups is 2. The maximum absolute atomic E-state index is 11.5. The molecule has 2 unspecified atom stereocenters. The van der Waals surface area contributed by atoms with Crippen molar-refractivity contribution in [1.29, 1.82) is 0 Å². The van der Waals surface area contributed by atoms with Crippen molar-refractivity contribution in [3.05, 3.63) is 0 Å². The number of fused-ring (bicyclic) bond motifs is 1. The van der Waals surface area contributed by atoms with Crippen molar-refractivity contribution in [2.24, 2.45) is 5.92 Å². The second-order valence-corrected chi connectivity index (χ2v) is 3.83. The van der Waals surface area contributed by atoms with E-state index in [0.29, 0.717) is 18.9 Å². The normalized spacial score (nSPS) is 33.2. The molecule has 1 aliphatic carbocycles. The Hall–Kier alpha value is -1.06. The summed E-state index contributed by atoms with van der Waals surface area (Å²) in [6.07, 6.45) is 2.43. The summed E-state index contributed by atoms with van der Waals surface area (Å²) in [5.41, 5.74) is 0. The molecule has 1 amide bonds. The molecular weight excluding hydrogens is 170 g/mol. The second kappa shape index (κ2) is 3.01. The van der Waals surface area contributed by atoms with Crippen molar-refractivity contribution in [3.63, 3.8) is 0 Å². The van der Waals surface area contributed by atoms with Gasteiger partial charge in [-0.25, -0.2) is 4.79 Å². The topological polar surface area (TPSA) is 57.6 Å². The summed E-state index contributed by atoms with van der Waals surface area (Å²) in [6, 6.07) is -0.314. The molecule has 72 valence electrons. The molecule has 1 N–H and O–H groups in total. The first kappa shape index (κ1) is 8.53. The Morgan fingerprint density at radius 1 is 1.46 bits per heavy atom. The fourth-order valence-corrected chi connectivity index (χ4v) is 2.50. The zero-order valence-electron chi connectivity index (χ0n) is 7.40. The highest BCUT2D eigenvalue weighted by Gasteiger charge is 2.43. The number of ketones is 1. The SMILES string of the molecule is O=C1CCCC2CCN(C(=O)O)C12. The predicted octanol–water partition coefficient (Wildman–Crippen LogP) is 1.11. The molecule has 1 heterocycles. The Labute approximate surface area is 76.5 Å². The number of hydrogen-bond acceptors (Lipinski definition) is 2. The van der Waals surface area contributed by atoms with E-state index in [0.717, 1.165) is 19.3 Å². The van der Waals surface area contributed by atoms with Gasteiger partial charge in [0.05, 0.1) is 6.04 Å². The Morgan fingerprint density at radius 2 is 2.23 bits per heavy atom. The summed E-state index contributed by atoms with van der Waals surface area (Å²) in [4.78, 5) is 23.6. The van der Waals surface area contributed by atoms with E-state index < -0.39 is 6.09 Å². The van der Waals surface area contributed by atoms with Gasteiger partial charge in [0, 0.05) is 13.0 Å². The van der Waals surface area contributed by atoms with Gasteiger partial charge in [0.2, 0.25) is 0 Å². The van der Waals surface area contributed by atoms with Crippen molar-refractivity contribution in [3.8, 4) is 0 Å². The minimum absolute atomic E-state index is 0.121. The molecule has 2 rings (SSSR count). The van der Waals surface area contributed by atoms with E-state index in [1.165, 1.54) is 4.90 Å². The quantitative estimate of drug-likeness (QED) is 0.612. The molecule has 1 saturated heterocycles. The number of likely N-dealkylation sites (tertiary alicyclic amines) is 1. The first-order valence-corrected chi connectivity index (χ1v) is 4.72. The summed E-state index contributed by atoms with van der Waals surface area (Å²) in [7, 11) is 0. The van der Waals surface area contributed by atoms with Crippen LogP contribution in [0.1, 0.15) is 25.7 Å². The molecule has 4 heteroatoms. The summed E-state index contributed by atoms with van der Waals surface area (Å²) in [5.74, 6) is 0.425. The average molecular weight is 183 g/mol. The minimum Gasteiger partial charge on any atom is -0.465 e. The van der Waals surface area contributed by atoms with E-state index in [4.69, 9.17) is 5.11 Å². The monoisotopic (exact) mass is 183 g/mol. The van der Waals surface area contributed by atoms with Gasteiger partial charge in [-0.1, -0.05) is 0 Å². The lowest BCUT2D eigenvalue weighted by molar-refractivity contribution is -0.125. The zero-order chi connectivity index (χ0) is 9.42. The van der Waals surface area contributed by atoms with E-state index in [2.05, 4.69) is 0 Å². The standard InChI is InChI=1S/C9H13NO3/c11-7-3-1-2-6-4-5-10(8(6)7)9(12)13/h6,8H,1-5H2,(H,12,13). The predicted molar refractivity (Wildman–Crippen MR) is 45.5 cm³/mol. The highest BCUT2D eigenvalue weighted by Crippen LogP contribution is 2.34. The van der Waals surface area contributed by atoms with Gasteiger partial charge in [-0.15, -0.1) is 0 Å². The highest BCUT2D eigenvalue weighted by molar-refractivity contribution is 5.88. The largest absolute Gasteiger partial charge is 0.465 e. The van der Waals surface area contributed by atoms with Crippen LogP contribution in [-0.2, 0) is 4.79 Å². The maximum Gasteiger partial charge on any atom is 0.407 e.